The summed E-state index contributed by atoms with van der Waals surface area (Å²) in [6.45, 7) is 4.76. The largest absolute Gasteiger partial charge is 0.497 e. The quantitative estimate of drug-likeness (QED) is 0.699. The lowest BCUT2D eigenvalue weighted by atomic mass is 10.1. The molecule has 158 valence electrons. The molecule has 1 heterocycles. The van der Waals surface area contributed by atoms with Crippen molar-refractivity contribution in [2.45, 2.75) is 25.6 Å². The molecular formula is C23H32N2O4. The minimum absolute atomic E-state index is 0.190. The van der Waals surface area contributed by atoms with Crippen molar-refractivity contribution in [3.05, 3.63) is 53.6 Å². The minimum atomic E-state index is 0.190. The van der Waals surface area contributed by atoms with Gasteiger partial charge in [-0.1, -0.05) is 12.1 Å². The fourth-order valence-electron chi connectivity index (χ4n) is 3.95. The first-order valence-corrected chi connectivity index (χ1v) is 10.1. The molecule has 6 heteroatoms. The first kappa shape index (κ1) is 21.4. The average Bonchev–Trinajstić information content (AvgIpc) is 2.75. The average molecular weight is 401 g/mol. The third-order valence-corrected chi connectivity index (χ3v) is 5.49. The summed E-state index contributed by atoms with van der Waals surface area (Å²) in [5.41, 5.74) is 2.41. The molecule has 1 aliphatic heterocycles. The summed E-state index contributed by atoms with van der Waals surface area (Å²) in [5.74, 6) is 2.49. The van der Waals surface area contributed by atoms with Crippen molar-refractivity contribution < 1.29 is 19.3 Å². The van der Waals surface area contributed by atoms with Gasteiger partial charge >= 0.3 is 0 Å². The Bertz CT molecular complexity index is 761. The molecule has 0 saturated carbocycles. The van der Waals surface area contributed by atoms with Crippen LogP contribution in [-0.4, -0.2) is 68.5 Å². The van der Waals surface area contributed by atoms with Gasteiger partial charge in [-0.3, -0.25) is 9.80 Å². The van der Waals surface area contributed by atoms with Gasteiger partial charge in [-0.25, -0.2) is 0 Å². The molecular weight excluding hydrogens is 368 g/mol. The highest BCUT2D eigenvalue weighted by Crippen LogP contribution is 2.25. The molecule has 0 radical (unpaired) electrons. The molecule has 0 amide bonds. The van der Waals surface area contributed by atoms with Gasteiger partial charge in [0.05, 0.1) is 21.3 Å². The molecule has 1 fully saturated rings. The highest BCUT2D eigenvalue weighted by atomic mass is 16.5. The summed E-state index contributed by atoms with van der Waals surface area (Å²) in [7, 11) is 5.04. The smallest absolute Gasteiger partial charge is 0.122 e. The molecule has 2 aromatic rings. The fourth-order valence-corrected chi connectivity index (χ4v) is 3.95. The fraction of sp³-hybridized carbons (Fsp3) is 0.478. The van der Waals surface area contributed by atoms with E-state index in [4.69, 9.17) is 14.2 Å². The Kier molecular flexibility index (Phi) is 7.75. The zero-order chi connectivity index (χ0) is 20.6. The topological polar surface area (TPSA) is 54.4 Å². The van der Waals surface area contributed by atoms with Gasteiger partial charge in [0.25, 0.3) is 0 Å². The number of nitrogens with zero attached hydrogens (tertiary/aromatic N) is 2. The summed E-state index contributed by atoms with van der Waals surface area (Å²) < 4.78 is 16.2. The van der Waals surface area contributed by atoms with Crippen molar-refractivity contribution in [1.29, 1.82) is 0 Å². The summed E-state index contributed by atoms with van der Waals surface area (Å²) in [4.78, 5) is 4.91. The Hall–Kier alpha value is -2.28. The van der Waals surface area contributed by atoms with Gasteiger partial charge in [0, 0.05) is 51.4 Å². The lowest BCUT2D eigenvalue weighted by Crippen LogP contribution is -2.52. The van der Waals surface area contributed by atoms with E-state index in [0.717, 1.165) is 62.0 Å². The SMILES string of the molecule is COc1cccc(CN2CCN(Cc3cc(OC)cc(OC)c3)C(CCO)C2)c1. The summed E-state index contributed by atoms with van der Waals surface area (Å²) >= 11 is 0. The predicted octanol–water partition coefficient (Wildman–Crippen LogP) is 2.78. The number of hydrogen-bond acceptors (Lipinski definition) is 6. The second-order valence-electron chi connectivity index (χ2n) is 7.44. The molecule has 29 heavy (non-hydrogen) atoms. The molecule has 1 N–H and O–H groups in total. The molecule has 0 aliphatic carbocycles. The lowest BCUT2D eigenvalue weighted by molar-refractivity contribution is 0.0499. The van der Waals surface area contributed by atoms with Gasteiger partial charge in [-0.15, -0.1) is 0 Å². The first-order chi connectivity index (χ1) is 14.1. The molecule has 1 aliphatic rings. The van der Waals surface area contributed by atoms with Crippen LogP contribution in [0.4, 0.5) is 0 Å². The van der Waals surface area contributed by atoms with Crippen LogP contribution in [0, 0.1) is 0 Å². The van der Waals surface area contributed by atoms with Gasteiger partial charge in [0.1, 0.15) is 17.2 Å². The van der Waals surface area contributed by atoms with Crippen LogP contribution in [0.2, 0.25) is 0 Å². The van der Waals surface area contributed by atoms with Crippen LogP contribution in [0.5, 0.6) is 17.2 Å². The maximum absolute atomic E-state index is 9.61. The van der Waals surface area contributed by atoms with Crippen molar-refractivity contribution in [3.63, 3.8) is 0 Å². The Morgan fingerprint density at radius 3 is 2.21 bits per heavy atom. The molecule has 2 aromatic carbocycles. The van der Waals surface area contributed by atoms with Crippen LogP contribution in [0.25, 0.3) is 0 Å². The second-order valence-corrected chi connectivity index (χ2v) is 7.44. The van der Waals surface area contributed by atoms with E-state index in [1.807, 2.05) is 18.2 Å². The molecule has 0 bridgehead atoms. The van der Waals surface area contributed by atoms with Crippen molar-refractivity contribution in [3.8, 4) is 17.2 Å². The van der Waals surface area contributed by atoms with E-state index in [-0.39, 0.29) is 6.61 Å². The van der Waals surface area contributed by atoms with Crippen molar-refractivity contribution in [2.75, 3.05) is 47.6 Å². The van der Waals surface area contributed by atoms with E-state index >= 15 is 0 Å². The summed E-state index contributed by atoms with van der Waals surface area (Å²) in [6.07, 6.45) is 0.760. The highest BCUT2D eigenvalue weighted by Gasteiger charge is 2.27. The van der Waals surface area contributed by atoms with Gasteiger partial charge in [0.15, 0.2) is 0 Å². The summed E-state index contributed by atoms with van der Waals surface area (Å²) in [6, 6.07) is 14.5. The van der Waals surface area contributed by atoms with Crippen LogP contribution >= 0.6 is 0 Å². The molecule has 3 rings (SSSR count). The molecule has 0 aromatic heterocycles. The van der Waals surface area contributed by atoms with Crippen LogP contribution in [0.1, 0.15) is 17.5 Å². The Balaban J connectivity index is 1.67. The van der Waals surface area contributed by atoms with E-state index in [1.54, 1.807) is 21.3 Å². The van der Waals surface area contributed by atoms with Gasteiger partial charge in [-0.05, 0) is 41.8 Å². The monoisotopic (exact) mass is 400 g/mol. The van der Waals surface area contributed by atoms with E-state index < -0.39 is 0 Å². The number of piperazine rings is 1. The summed E-state index contributed by atoms with van der Waals surface area (Å²) in [5, 5.41) is 9.61. The van der Waals surface area contributed by atoms with E-state index in [1.165, 1.54) is 5.56 Å². The van der Waals surface area contributed by atoms with Crippen molar-refractivity contribution in [1.82, 2.24) is 9.80 Å². The Labute approximate surface area is 173 Å². The van der Waals surface area contributed by atoms with Crippen LogP contribution in [0.15, 0.2) is 42.5 Å². The van der Waals surface area contributed by atoms with E-state index in [2.05, 4.69) is 34.1 Å². The number of aliphatic hydroxyl groups is 1. The maximum Gasteiger partial charge on any atom is 0.122 e. The first-order valence-electron chi connectivity index (χ1n) is 10.1. The van der Waals surface area contributed by atoms with Gasteiger partial charge in [-0.2, -0.15) is 0 Å². The molecule has 0 spiro atoms. The maximum atomic E-state index is 9.61. The number of benzene rings is 2. The molecule has 1 saturated heterocycles. The zero-order valence-corrected chi connectivity index (χ0v) is 17.6. The number of methoxy groups -OCH3 is 3. The normalized spacial score (nSPS) is 17.9. The van der Waals surface area contributed by atoms with Crippen molar-refractivity contribution in [2.24, 2.45) is 0 Å². The molecule has 1 unspecified atom stereocenters. The highest BCUT2D eigenvalue weighted by molar-refractivity contribution is 5.38. The Morgan fingerprint density at radius 1 is 0.862 bits per heavy atom. The molecule has 6 nitrogen and oxygen atoms in total. The van der Waals surface area contributed by atoms with Crippen molar-refractivity contribution >= 4 is 0 Å². The van der Waals surface area contributed by atoms with Crippen LogP contribution in [-0.2, 0) is 13.1 Å². The van der Waals surface area contributed by atoms with Crippen LogP contribution < -0.4 is 14.2 Å². The minimum Gasteiger partial charge on any atom is -0.497 e. The van der Waals surface area contributed by atoms with E-state index in [9.17, 15) is 5.11 Å². The number of aliphatic hydroxyl groups excluding tert-OH is 1. The number of ether oxygens (including phenoxy) is 3. The zero-order valence-electron chi connectivity index (χ0n) is 17.6. The lowest BCUT2D eigenvalue weighted by Gasteiger charge is -2.41. The third-order valence-electron chi connectivity index (χ3n) is 5.49. The van der Waals surface area contributed by atoms with E-state index in [0.29, 0.717) is 6.04 Å². The molecule has 1 atom stereocenters. The van der Waals surface area contributed by atoms with Gasteiger partial charge < -0.3 is 19.3 Å². The Morgan fingerprint density at radius 2 is 1.55 bits per heavy atom. The predicted molar refractivity (Wildman–Crippen MR) is 114 cm³/mol. The third kappa shape index (κ3) is 5.85. The number of rotatable bonds is 9. The second kappa shape index (κ2) is 10.5. The number of hydrogen-bond donors (Lipinski definition) is 1. The van der Waals surface area contributed by atoms with Crippen LogP contribution in [0.3, 0.4) is 0 Å². The van der Waals surface area contributed by atoms with Gasteiger partial charge in [0.2, 0.25) is 0 Å². The standard InChI is InChI=1S/C23H32N2O4/c1-27-21-6-4-5-18(11-21)15-24-8-9-25(20(17-24)7-10-26)16-19-12-22(28-2)14-23(13-19)29-3/h4-6,11-14,20,26H,7-10,15-17H2,1-3H3.